The van der Waals surface area contributed by atoms with Crippen LogP contribution in [0, 0.1) is 0 Å². The van der Waals surface area contributed by atoms with Crippen LogP contribution in [0.25, 0.3) is 22.0 Å². The van der Waals surface area contributed by atoms with Gasteiger partial charge in [0.25, 0.3) is 0 Å². The molecule has 2 N–H and O–H groups in total. The third-order valence-electron chi connectivity index (χ3n) is 3.86. The van der Waals surface area contributed by atoms with Crippen molar-refractivity contribution in [2.24, 2.45) is 4.99 Å². The van der Waals surface area contributed by atoms with Crippen LogP contribution in [0.2, 0.25) is 0 Å². The standard InChI is InChI=1S/C17H14F3N5S2/c18-17(19,20)11-5-2-1-4-10(11)14-23-12(8-26-14)13-9-27-16(24-13)25-15-21-6-3-7-22-15/h1-2,4-5,8-9H,3,6-7H2,(H2,21,22,24,25). The summed E-state index contributed by atoms with van der Waals surface area (Å²) in [7, 11) is 0. The zero-order valence-corrected chi connectivity index (χ0v) is 15.5. The zero-order chi connectivity index (χ0) is 18.9. The van der Waals surface area contributed by atoms with Crippen LogP contribution in [-0.4, -0.2) is 29.0 Å². The van der Waals surface area contributed by atoms with E-state index in [1.54, 1.807) is 11.4 Å². The molecule has 0 unspecified atom stereocenters. The Morgan fingerprint density at radius 2 is 1.81 bits per heavy atom. The Morgan fingerprint density at radius 1 is 1.04 bits per heavy atom. The number of hydrogen-bond donors (Lipinski definition) is 2. The highest BCUT2D eigenvalue weighted by Crippen LogP contribution is 2.39. The van der Waals surface area contributed by atoms with Crippen LogP contribution in [0.3, 0.4) is 0 Å². The van der Waals surface area contributed by atoms with Crippen LogP contribution in [0.15, 0.2) is 40.0 Å². The van der Waals surface area contributed by atoms with Crippen molar-refractivity contribution in [2.45, 2.75) is 12.6 Å². The summed E-state index contributed by atoms with van der Waals surface area (Å²) in [4.78, 5) is 13.2. The molecule has 0 spiro atoms. The number of alkyl halides is 3. The second-order valence-corrected chi connectivity index (χ2v) is 7.47. The Labute approximate surface area is 161 Å². The molecule has 140 valence electrons. The van der Waals surface area contributed by atoms with Crippen molar-refractivity contribution in [1.29, 1.82) is 0 Å². The van der Waals surface area contributed by atoms with Gasteiger partial charge in [-0.3, -0.25) is 4.99 Å². The van der Waals surface area contributed by atoms with Crippen LogP contribution >= 0.6 is 22.7 Å². The number of aromatic nitrogens is 2. The van der Waals surface area contributed by atoms with Gasteiger partial charge in [-0.1, -0.05) is 18.2 Å². The molecular weight excluding hydrogens is 395 g/mol. The second kappa shape index (κ2) is 7.28. The lowest BCUT2D eigenvalue weighted by Gasteiger charge is -2.14. The number of nitrogens with one attached hydrogen (secondary N) is 2. The highest BCUT2D eigenvalue weighted by molar-refractivity contribution is 7.14. The van der Waals surface area contributed by atoms with E-state index in [2.05, 4.69) is 25.6 Å². The molecule has 0 atom stereocenters. The molecule has 2 aromatic heterocycles. The van der Waals surface area contributed by atoms with Crippen LogP contribution in [0.1, 0.15) is 12.0 Å². The van der Waals surface area contributed by atoms with Crippen LogP contribution in [-0.2, 0) is 6.18 Å². The van der Waals surface area contributed by atoms with Gasteiger partial charge in [0, 0.05) is 29.4 Å². The van der Waals surface area contributed by atoms with E-state index in [-0.39, 0.29) is 5.56 Å². The van der Waals surface area contributed by atoms with E-state index in [1.807, 2.05) is 5.38 Å². The molecule has 4 rings (SSSR count). The fourth-order valence-corrected chi connectivity index (χ4v) is 4.15. The average Bonchev–Trinajstić information content (AvgIpc) is 3.31. The van der Waals surface area contributed by atoms with Gasteiger partial charge in [-0.15, -0.1) is 22.7 Å². The summed E-state index contributed by atoms with van der Waals surface area (Å²) in [6, 6.07) is 5.46. The van der Waals surface area contributed by atoms with E-state index in [0.717, 1.165) is 25.6 Å². The Kier molecular flexibility index (Phi) is 4.83. The highest BCUT2D eigenvalue weighted by Gasteiger charge is 2.34. The van der Waals surface area contributed by atoms with E-state index in [0.29, 0.717) is 27.5 Å². The molecule has 0 amide bonds. The highest BCUT2D eigenvalue weighted by atomic mass is 32.1. The van der Waals surface area contributed by atoms with Crippen molar-refractivity contribution in [2.75, 3.05) is 18.4 Å². The summed E-state index contributed by atoms with van der Waals surface area (Å²) in [5, 5.41) is 10.8. The number of nitrogens with zero attached hydrogens (tertiary/aromatic N) is 3. The summed E-state index contributed by atoms with van der Waals surface area (Å²) in [6.07, 6.45) is -3.43. The van der Waals surface area contributed by atoms with Crippen molar-refractivity contribution in [3.63, 3.8) is 0 Å². The first kappa shape index (κ1) is 17.9. The van der Waals surface area contributed by atoms with Gasteiger partial charge in [-0.05, 0) is 12.5 Å². The van der Waals surface area contributed by atoms with E-state index < -0.39 is 11.7 Å². The molecule has 1 aromatic carbocycles. The number of anilines is 1. The molecule has 27 heavy (non-hydrogen) atoms. The first-order valence-corrected chi connectivity index (χ1v) is 9.90. The van der Waals surface area contributed by atoms with Gasteiger partial charge in [0.15, 0.2) is 11.1 Å². The predicted molar refractivity (Wildman–Crippen MR) is 102 cm³/mol. The zero-order valence-electron chi connectivity index (χ0n) is 13.9. The van der Waals surface area contributed by atoms with Crippen molar-refractivity contribution in [3.8, 4) is 22.0 Å². The lowest BCUT2D eigenvalue weighted by atomic mass is 10.1. The number of rotatable bonds is 3. The summed E-state index contributed by atoms with van der Waals surface area (Å²) in [6.45, 7) is 1.62. The summed E-state index contributed by atoms with van der Waals surface area (Å²) < 4.78 is 39.7. The van der Waals surface area contributed by atoms with Gasteiger partial charge in [0.1, 0.15) is 16.4 Å². The van der Waals surface area contributed by atoms with Crippen LogP contribution < -0.4 is 10.6 Å². The molecule has 1 aliphatic rings. The number of benzene rings is 1. The van der Waals surface area contributed by atoms with Gasteiger partial charge < -0.3 is 10.6 Å². The van der Waals surface area contributed by atoms with Crippen LogP contribution in [0.4, 0.5) is 18.3 Å². The van der Waals surface area contributed by atoms with Crippen molar-refractivity contribution in [3.05, 3.63) is 40.6 Å². The molecule has 0 saturated heterocycles. The maximum atomic E-state index is 13.2. The Morgan fingerprint density at radius 3 is 2.59 bits per heavy atom. The Hall–Kier alpha value is -2.46. The van der Waals surface area contributed by atoms with Gasteiger partial charge in [0.05, 0.1) is 5.56 Å². The van der Waals surface area contributed by atoms with Crippen LogP contribution in [0.5, 0.6) is 0 Å². The maximum Gasteiger partial charge on any atom is 0.417 e. The molecule has 3 aromatic rings. The topological polar surface area (TPSA) is 62.2 Å². The molecule has 0 saturated carbocycles. The minimum Gasteiger partial charge on any atom is -0.356 e. The van der Waals surface area contributed by atoms with E-state index >= 15 is 0 Å². The predicted octanol–water partition coefficient (Wildman–Crippen LogP) is 4.71. The van der Waals surface area contributed by atoms with Crippen molar-refractivity contribution >= 4 is 33.8 Å². The molecule has 3 heterocycles. The third-order valence-corrected chi connectivity index (χ3v) is 5.49. The van der Waals surface area contributed by atoms with Gasteiger partial charge in [-0.25, -0.2) is 9.97 Å². The number of hydrogen-bond acceptors (Lipinski definition) is 7. The van der Waals surface area contributed by atoms with Gasteiger partial charge >= 0.3 is 6.18 Å². The normalized spacial score (nSPS) is 14.6. The van der Waals surface area contributed by atoms with Gasteiger partial charge in [-0.2, -0.15) is 13.2 Å². The fraction of sp³-hybridized carbons (Fsp3) is 0.235. The second-order valence-electron chi connectivity index (χ2n) is 5.75. The summed E-state index contributed by atoms with van der Waals surface area (Å²) >= 11 is 2.56. The average molecular weight is 409 g/mol. The smallest absolute Gasteiger partial charge is 0.356 e. The largest absolute Gasteiger partial charge is 0.417 e. The molecule has 5 nitrogen and oxygen atoms in total. The molecule has 1 aliphatic heterocycles. The Balaban J connectivity index is 1.58. The summed E-state index contributed by atoms with van der Waals surface area (Å²) in [5.74, 6) is 0.681. The monoisotopic (exact) mass is 409 g/mol. The Bertz CT molecular complexity index is 977. The lowest BCUT2D eigenvalue weighted by molar-refractivity contribution is -0.137. The minimum absolute atomic E-state index is 0.0792. The molecule has 0 radical (unpaired) electrons. The van der Waals surface area contributed by atoms with Crippen molar-refractivity contribution in [1.82, 2.24) is 15.3 Å². The molecular formula is C17H14F3N5S2. The summed E-state index contributed by atoms with van der Waals surface area (Å²) in [5.41, 5.74) is 0.559. The minimum atomic E-state index is -4.42. The molecule has 10 heteroatoms. The molecule has 0 fully saturated rings. The van der Waals surface area contributed by atoms with E-state index in [1.165, 1.54) is 34.8 Å². The van der Waals surface area contributed by atoms with Gasteiger partial charge in [0.2, 0.25) is 0 Å². The SMILES string of the molecule is FC(F)(F)c1ccccc1-c1nc(-c2csc(NC3=NCCCN3)n2)cs1. The molecule has 0 aliphatic carbocycles. The number of halogens is 3. The quantitative estimate of drug-likeness (QED) is 0.658. The third kappa shape index (κ3) is 3.96. The fourth-order valence-electron chi connectivity index (χ4n) is 2.60. The van der Waals surface area contributed by atoms with E-state index in [4.69, 9.17) is 0 Å². The van der Waals surface area contributed by atoms with Crippen molar-refractivity contribution < 1.29 is 13.2 Å². The first-order chi connectivity index (χ1) is 13.0. The number of guanidine groups is 1. The first-order valence-electron chi connectivity index (χ1n) is 8.14. The van der Waals surface area contributed by atoms with E-state index in [9.17, 15) is 13.2 Å². The lowest BCUT2D eigenvalue weighted by Crippen LogP contribution is -2.35. The maximum absolute atomic E-state index is 13.2. The number of aliphatic imine (C=N–C) groups is 1. The number of thiazole rings is 2. The molecule has 0 bridgehead atoms.